The van der Waals surface area contributed by atoms with Gasteiger partial charge in [0.1, 0.15) is 0 Å². The van der Waals surface area contributed by atoms with E-state index in [1.165, 1.54) is 0 Å². The molecule has 7 heteroatoms. The van der Waals surface area contributed by atoms with Gasteiger partial charge in [0.15, 0.2) is 11.5 Å². The van der Waals surface area contributed by atoms with Crippen LogP contribution in [-0.4, -0.2) is 20.7 Å². The Bertz CT molecular complexity index is 830. The van der Waals surface area contributed by atoms with E-state index in [4.69, 9.17) is 5.73 Å². The van der Waals surface area contributed by atoms with Crippen molar-refractivity contribution in [2.45, 2.75) is 0 Å². The van der Waals surface area contributed by atoms with Crippen LogP contribution in [0.4, 0.5) is 0 Å². The highest BCUT2D eigenvalue weighted by molar-refractivity contribution is 14.1. The number of primary amides is 1. The average molecular weight is 443 g/mol. The molecule has 0 aliphatic heterocycles. The van der Waals surface area contributed by atoms with Crippen LogP contribution in [0, 0.1) is 3.57 Å². The van der Waals surface area contributed by atoms with Crippen molar-refractivity contribution in [1.82, 2.24) is 14.8 Å². The molecule has 0 bridgehead atoms. The Kier molecular flexibility index (Phi) is 3.47. The maximum Gasteiger partial charge on any atom is 0.269 e. The molecule has 0 saturated heterocycles. The summed E-state index contributed by atoms with van der Waals surface area (Å²) in [5.74, 6) is 0.0919. The minimum Gasteiger partial charge on any atom is -0.364 e. The highest BCUT2D eigenvalue weighted by atomic mass is 127. The Morgan fingerprint density at radius 1 is 1.30 bits per heavy atom. The smallest absolute Gasteiger partial charge is 0.269 e. The van der Waals surface area contributed by atoms with Crippen LogP contribution in [0.3, 0.4) is 0 Å². The summed E-state index contributed by atoms with van der Waals surface area (Å²) >= 11 is 5.59. The van der Waals surface area contributed by atoms with Crippen molar-refractivity contribution in [1.29, 1.82) is 0 Å². The van der Waals surface area contributed by atoms with Crippen LogP contribution < -0.4 is 5.73 Å². The third kappa shape index (κ3) is 2.31. The lowest BCUT2D eigenvalue weighted by atomic mass is 10.2. The fourth-order valence-corrected chi connectivity index (χ4v) is 2.76. The number of halogens is 2. The first-order valence-corrected chi connectivity index (χ1v) is 7.53. The van der Waals surface area contributed by atoms with Crippen LogP contribution in [0.5, 0.6) is 0 Å². The van der Waals surface area contributed by atoms with E-state index in [1.807, 2.05) is 30.3 Å². The number of amides is 1. The number of aromatic nitrogens is 3. The topological polar surface area (TPSA) is 73.8 Å². The lowest BCUT2D eigenvalue weighted by Gasteiger charge is -2.02. The second-order valence-corrected chi connectivity index (χ2v) is 6.28. The van der Waals surface area contributed by atoms with Crippen molar-refractivity contribution in [2.75, 3.05) is 0 Å². The number of hydrogen-bond acceptors (Lipinski definition) is 3. The molecule has 20 heavy (non-hydrogen) atoms. The standard InChI is InChI=1S/C13H8BrIN4O/c14-7-1-2-10-9(5-7)12(13(16)20)18-19(10)11-6-8(15)3-4-17-11/h1-6H,(H2,16,20). The average Bonchev–Trinajstić information content (AvgIpc) is 2.77. The minimum absolute atomic E-state index is 0.238. The van der Waals surface area contributed by atoms with Crippen LogP contribution in [0.25, 0.3) is 16.7 Å². The van der Waals surface area contributed by atoms with Crippen LogP contribution in [-0.2, 0) is 0 Å². The normalized spacial score (nSPS) is 10.9. The van der Waals surface area contributed by atoms with Crippen LogP contribution in [0.15, 0.2) is 41.0 Å². The van der Waals surface area contributed by atoms with Gasteiger partial charge in [0.2, 0.25) is 0 Å². The molecule has 0 radical (unpaired) electrons. The molecule has 0 unspecified atom stereocenters. The second kappa shape index (κ2) is 5.13. The summed E-state index contributed by atoms with van der Waals surface area (Å²) in [4.78, 5) is 15.8. The maximum atomic E-state index is 11.5. The molecule has 5 nitrogen and oxygen atoms in total. The van der Waals surface area contributed by atoms with E-state index < -0.39 is 5.91 Å². The predicted octanol–water partition coefficient (Wildman–Crippen LogP) is 2.89. The Morgan fingerprint density at radius 3 is 2.80 bits per heavy atom. The molecule has 0 saturated carbocycles. The maximum absolute atomic E-state index is 11.5. The number of hydrogen-bond donors (Lipinski definition) is 1. The number of pyridine rings is 1. The quantitative estimate of drug-likeness (QED) is 0.620. The third-order valence-electron chi connectivity index (χ3n) is 2.80. The van der Waals surface area contributed by atoms with E-state index in [0.29, 0.717) is 11.2 Å². The van der Waals surface area contributed by atoms with Crippen molar-refractivity contribution in [3.8, 4) is 5.82 Å². The van der Waals surface area contributed by atoms with Gasteiger partial charge in [-0.3, -0.25) is 4.79 Å². The second-order valence-electron chi connectivity index (χ2n) is 4.12. The Balaban J connectivity index is 2.34. The molecule has 0 fully saturated rings. The Hall–Kier alpha value is -1.48. The zero-order chi connectivity index (χ0) is 14.3. The zero-order valence-electron chi connectivity index (χ0n) is 10.0. The lowest BCUT2D eigenvalue weighted by molar-refractivity contribution is 0.0996. The number of nitrogens with two attached hydrogens (primary N) is 1. The summed E-state index contributed by atoms with van der Waals surface area (Å²) < 4.78 is 3.53. The minimum atomic E-state index is -0.558. The summed E-state index contributed by atoms with van der Waals surface area (Å²) in [7, 11) is 0. The van der Waals surface area contributed by atoms with Crippen LogP contribution in [0.2, 0.25) is 0 Å². The fraction of sp³-hybridized carbons (Fsp3) is 0. The first-order chi connectivity index (χ1) is 9.56. The molecular weight excluding hydrogens is 435 g/mol. The first kappa shape index (κ1) is 13.5. The Labute approximate surface area is 136 Å². The van der Waals surface area contributed by atoms with Gasteiger partial charge in [0.05, 0.1) is 5.52 Å². The summed E-state index contributed by atoms with van der Waals surface area (Å²) in [5, 5.41) is 5.00. The van der Waals surface area contributed by atoms with Gasteiger partial charge >= 0.3 is 0 Å². The number of carbonyl (C=O) groups excluding carboxylic acids is 1. The third-order valence-corrected chi connectivity index (χ3v) is 3.96. The molecule has 2 heterocycles. The van der Waals surface area contributed by atoms with Crippen LogP contribution in [0.1, 0.15) is 10.5 Å². The van der Waals surface area contributed by atoms with Crippen molar-refractivity contribution >= 4 is 55.3 Å². The lowest BCUT2D eigenvalue weighted by Crippen LogP contribution is -2.12. The molecule has 3 rings (SSSR count). The van der Waals surface area contributed by atoms with Gasteiger partial charge in [0, 0.05) is 19.6 Å². The van der Waals surface area contributed by atoms with E-state index in [0.717, 1.165) is 13.6 Å². The molecule has 2 aromatic heterocycles. The number of rotatable bonds is 2. The molecule has 0 spiro atoms. The van der Waals surface area contributed by atoms with Gasteiger partial charge in [-0.1, -0.05) is 15.9 Å². The largest absolute Gasteiger partial charge is 0.364 e. The molecule has 0 aliphatic rings. The zero-order valence-corrected chi connectivity index (χ0v) is 13.8. The summed E-state index contributed by atoms with van der Waals surface area (Å²) in [5.41, 5.74) is 6.43. The highest BCUT2D eigenvalue weighted by Gasteiger charge is 2.16. The summed E-state index contributed by atoms with van der Waals surface area (Å²) in [6, 6.07) is 9.37. The van der Waals surface area contributed by atoms with Crippen LogP contribution >= 0.6 is 38.5 Å². The molecular formula is C13H8BrIN4O. The number of nitrogens with zero attached hydrogens (tertiary/aromatic N) is 3. The van der Waals surface area contributed by atoms with E-state index in [-0.39, 0.29) is 5.69 Å². The van der Waals surface area contributed by atoms with E-state index in [1.54, 1.807) is 10.9 Å². The molecule has 0 aliphatic carbocycles. The SMILES string of the molecule is NC(=O)c1nn(-c2cc(I)ccn2)c2ccc(Br)cc12. The number of fused-ring (bicyclic) bond motifs is 1. The van der Waals surface area contributed by atoms with Gasteiger partial charge in [-0.2, -0.15) is 5.10 Å². The Morgan fingerprint density at radius 2 is 2.10 bits per heavy atom. The fourth-order valence-electron chi connectivity index (χ4n) is 1.96. The van der Waals surface area contributed by atoms with Gasteiger partial charge in [-0.05, 0) is 52.9 Å². The van der Waals surface area contributed by atoms with Crippen molar-refractivity contribution in [2.24, 2.45) is 5.73 Å². The van der Waals surface area contributed by atoms with Gasteiger partial charge in [0.25, 0.3) is 5.91 Å². The van der Waals surface area contributed by atoms with Gasteiger partial charge in [-0.15, -0.1) is 0 Å². The molecule has 100 valence electrons. The summed E-state index contributed by atoms with van der Waals surface area (Å²) in [6.07, 6.45) is 1.70. The monoisotopic (exact) mass is 442 g/mol. The van der Waals surface area contributed by atoms with Gasteiger partial charge in [-0.25, -0.2) is 9.67 Å². The molecule has 1 aromatic carbocycles. The highest BCUT2D eigenvalue weighted by Crippen LogP contribution is 2.25. The van der Waals surface area contributed by atoms with Gasteiger partial charge < -0.3 is 5.73 Å². The molecule has 0 atom stereocenters. The molecule has 1 amide bonds. The van der Waals surface area contributed by atoms with Crippen molar-refractivity contribution in [3.63, 3.8) is 0 Å². The van der Waals surface area contributed by atoms with E-state index in [9.17, 15) is 4.79 Å². The summed E-state index contributed by atoms with van der Waals surface area (Å²) in [6.45, 7) is 0. The number of carbonyl (C=O) groups is 1. The number of benzene rings is 1. The molecule has 2 N–H and O–H groups in total. The van der Waals surface area contributed by atoms with Crippen molar-refractivity contribution in [3.05, 3.63) is 50.3 Å². The molecule has 3 aromatic rings. The first-order valence-electron chi connectivity index (χ1n) is 5.66. The van der Waals surface area contributed by atoms with Crippen molar-refractivity contribution < 1.29 is 4.79 Å². The van der Waals surface area contributed by atoms with E-state index in [2.05, 4.69) is 48.6 Å². The predicted molar refractivity (Wildman–Crippen MR) is 87.8 cm³/mol. The van der Waals surface area contributed by atoms with E-state index >= 15 is 0 Å².